The van der Waals surface area contributed by atoms with Gasteiger partial charge in [-0.15, -0.1) is 0 Å². The van der Waals surface area contributed by atoms with Crippen LogP contribution in [0.5, 0.6) is 0 Å². The minimum Gasteiger partial charge on any atom is -0.452 e. The second-order valence-electron chi connectivity index (χ2n) is 5.38. The second kappa shape index (κ2) is 9.22. The fourth-order valence-corrected chi connectivity index (χ4v) is 2.23. The summed E-state index contributed by atoms with van der Waals surface area (Å²) in [5.41, 5.74) is 1.43. The highest BCUT2D eigenvalue weighted by Gasteiger charge is 2.20. The van der Waals surface area contributed by atoms with E-state index >= 15 is 0 Å². The zero-order valence-electron chi connectivity index (χ0n) is 14.6. The molecule has 0 aliphatic rings. The van der Waals surface area contributed by atoms with Crippen LogP contribution in [0, 0.1) is 0 Å². The number of esters is 1. The number of hydrogen-bond acceptors (Lipinski definition) is 5. The number of ether oxygens (including phenoxy) is 2. The van der Waals surface area contributed by atoms with E-state index in [1.54, 1.807) is 18.2 Å². The van der Waals surface area contributed by atoms with Gasteiger partial charge in [-0.3, -0.25) is 9.69 Å². The van der Waals surface area contributed by atoms with Crippen molar-refractivity contribution in [3.63, 3.8) is 0 Å². The molecule has 7 heteroatoms. The number of carbonyl (C=O) groups is 3. The lowest BCUT2D eigenvalue weighted by molar-refractivity contribution is -0.124. The van der Waals surface area contributed by atoms with Crippen LogP contribution in [-0.4, -0.2) is 38.7 Å². The smallest absolute Gasteiger partial charge is 0.413 e. The summed E-state index contributed by atoms with van der Waals surface area (Å²) < 4.78 is 9.70. The average Bonchev–Trinajstić information content (AvgIpc) is 2.70. The number of nitrogens with zero attached hydrogens (tertiary/aromatic N) is 1. The largest absolute Gasteiger partial charge is 0.452 e. The third-order valence-corrected chi connectivity index (χ3v) is 3.60. The van der Waals surface area contributed by atoms with Crippen LogP contribution in [-0.2, 0) is 20.8 Å². The van der Waals surface area contributed by atoms with Crippen molar-refractivity contribution in [3.8, 4) is 0 Å². The van der Waals surface area contributed by atoms with Crippen LogP contribution in [0.4, 0.5) is 10.5 Å². The Morgan fingerprint density at radius 2 is 1.65 bits per heavy atom. The van der Waals surface area contributed by atoms with Gasteiger partial charge in [0.15, 0.2) is 6.61 Å². The summed E-state index contributed by atoms with van der Waals surface area (Å²) >= 11 is 0. The molecule has 0 unspecified atom stereocenters. The summed E-state index contributed by atoms with van der Waals surface area (Å²) in [7, 11) is 2.72. The van der Waals surface area contributed by atoms with Gasteiger partial charge in [0.05, 0.1) is 18.4 Å². The van der Waals surface area contributed by atoms with Crippen molar-refractivity contribution < 1.29 is 23.9 Å². The third-order valence-electron chi connectivity index (χ3n) is 3.60. The normalized spacial score (nSPS) is 9.92. The Morgan fingerprint density at radius 3 is 2.35 bits per heavy atom. The van der Waals surface area contributed by atoms with E-state index in [0.29, 0.717) is 12.2 Å². The molecule has 1 N–H and O–H groups in total. The molecular formula is C19H20N2O5. The molecule has 0 saturated heterocycles. The Bertz CT molecular complexity index is 777. The van der Waals surface area contributed by atoms with E-state index < -0.39 is 24.6 Å². The SMILES string of the molecule is COC(=O)N(C)c1ccccc1C(=O)OCC(=O)NCc1ccccc1. The highest BCUT2D eigenvalue weighted by molar-refractivity contribution is 6.01. The van der Waals surface area contributed by atoms with Crippen LogP contribution in [0.1, 0.15) is 15.9 Å². The minimum atomic E-state index is -0.703. The van der Waals surface area contributed by atoms with E-state index in [9.17, 15) is 14.4 Å². The first-order chi connectivity index (χ1) is 12.5. The van der Waals surface area contributed by atoms with Crippen LogP contribution in [0.2, 0.25) is 0 Å². The molecule has 0 aliphatic carbocycles. The number of para-hydroxylation sites is 1. The molecule has 2 aromatic rings. The van der Waals surface area contributed by atoms with Crippen LogP contribution >= 0.6 is 0 Å². The molecule has 26 heavy (non-hydrogen) atoms. The molecule has 136 valence electrons. The van der Waals surface area contributed by atoms with Gasteiger partial charge >= 0.3 is 12.1 Å². The third kappa shape index (κ3) is 5.07. The van der Waals surface area contributed by atoms with Crippen molar-refractivity contribution >= 4 is 23.7 Å². The predicted molar refractivity (Wildman–Crippen MR) is 95.8 cm³/mol. The molecule has 0 heterocycles. The Kier molecular flexibility index (Phi) is 6.73. The van der Waals surface area contributed by atoms with Gasteiger partial charge in [-0.2, -0.15) is 0 Å². The van der Waals surface area contributed by atoms with E-state index in [4.69, 9.17) is 4.74 Å². The van der Waals surface area contributed by atoms with Crippen molar-refractivity contribution in [3.05, 3.63) is 65.7 Å². The maximum atomic E-state index is 12.3. The molecule has 0 bridgehead atoms. The maximum absolute atomic E-state index is 12.3. The van der Waals surface area contributed by atoms with Gasteiger partial charge in [0.1, 0.15) is 0 Å². The Hall–Kier alpha value is -3.35. The zero-order chi connectivity index (χ0) is 18.9. The molecule has 2 aromatic carbocycles. The molecule has 0 radical (unpaired) electrons. The summed E-state index contributed by atoms with van der Waals surface area (Å²) in [5.74, 6) is -1.12. The number of benzene rings is 2. The average molecular weight is 356 g/mol. The molecule has 0 spiro atoms. The fourth-order valence-electron chi connectivity index (χ4n) is 2.23. The standard InChI is InChI=1S/C19H20N2O5/c1-21(19(24)25-2)16-11-7-6-10-15(16)18(23)26-13-17(22)20-12-14-8-4-3-5-9-14/h3-11H,12-13H2,1-2H3,(H,20,22). The van der Waals surface area contributed by atoms with Gasteiger partial charge in [-0.25, -0.2) is 9.59 Å². The Balaban J connectivity index is 1.93. The lowest BCUT2D eigenvalue weighted by Gasteiger charge is -2.18. The van der Waals surface area contributed by atoms with E-state index in [-0.39, 0.29) is 5.56 Å². The zero-order valence-corrected chi connectivity index (χ0v) is 14.6. The number of carbonyl (C=O) groups excluding carboxylic acids is 3. The first-order valence-electron chi connectivity index (χ1n) is 7.91. The molecular weight excluding hydrogens is 336 g/mol. The van der Waals surface area contributed by atoms with E-state index in [2.05, 4.69) is 10.1 Å². The molecule has 0 fully saturated rings. The first kappa shape index (κ1) is 19.0. The monoisotopic (exact) mass is 356 g/mol. The highest BCUT2D eigenvalue weighted by Crippen LogP contribution is 2.20. The van der Waals surface area contributed by atoms with E-state index in [1.165, 1.54) is 25.1 Å². The van der Waals surface area contributed by atoms with Crippen molar-refractivity contribution in [2.75, 3.05) is 25.7 Å². The topological polar surface area (TPSA) is 84.9 Å². The molecule has 2 rings (SSSR count). The lowest BCUT2D eigenvalue weighted by Crippen LogP contribution is -2.30. The van der Waals surface area contributed by atoms with Gasteiger partial charge in [0.25, 0.3) is 5.91 Å². The summed E-state index contributed by atoms with van der Waals surface area (Å²) in [6, 6.07) is 15.8. The van der Waals surface area contributed by atoms with Crippen LogP contribution in [0.15, 0.2) is 54.6 Å². The number of amides is 2. The minimum absolute atomic E-state index is 0.163. The number of methoxy groups -OCH3 is 1. The highest BCUT2D eigenvalue weighted by atomic mass is 16.5. The summed E-state index contributed by atoms with van der Waals surface area (Å²) in [5, 5.41) is 2.67. The van der Waals surface area contributed by atoms with Gasteiger partial charge in [-0.05, 0) is 17.7 Å². The summed E-state index contributed by atoms with van der Waals surface area (Å²) in [4.78, 5) is 37.0. The maximum Gasteiger partial charge on any atom is 0.413 e. The summed E-state index contributed by atoms with van der Waals surface area (Å²) in [6.07, 6.45) is -0.620. The van der Waals surface area contributed by atoms with Crippen LogP contribution in [0.3, 0.4) is 0 Å². The van der Waals surface area contributed by atoms with Crippen LogP contribution < -0.4 is 10.2 Å². The number of anilines is 1. The Labute approximate surface area is 151 Å². The van der Waals surface area contributed by atoms with Crippen molar-refractivity contribution in [2.45, 2.75) is 6.54 Å². The second-order valence-corrected chi connectivity index (χ2v) is 5.38. The van der Waals surface area contributed by atoms with Gasteiger partial charge in [0.2, 0.25) is 0 Å². The van der Waals surface area contributed by atoms with Crippen molar-refractivity contribution in [1.82, 2.24) is 5.32 Å². The van der Waals surface area contributed by atoms with Crippen molar-refractivity contribution in [1.29, 1.82) is 0 Å². The summed E-state index contributed by atoms with van der Waals surface area (Å²) in [6.45, 7) is -0.0686. The molecule has 7 nitrogen and oxygen atoms in total. The molecule has 0 aromatic heterocycles. The van der Waals surface area contributed by atoms with E-state index in [0.717, 1.165) is 5.56 Å². The van der Waals surface area contributed by atoms with Crippen LogP contribution in [0.25, 0.3) is 0 Å². The molecule has 0 aliphatic heterocycles. The van der Waals surface area contributed by atoms with Gasteiger partial charge in [-0.1, -0.05) is 42.5 Å². The molecule has 0 saturated carbocycles. The quantitative estimate of drug-likeness (QED) is 0.803. The number of rotatable bonds is 6. The number of hydrogen-bond donors (Lipinski definition) is 1. The predicted octanol–water partition coefficient (Wildman–Crippen LogP) is 2.36. The lowest BCUT2D eigenvalue weighted by atomic mass is 10.1. The van der Waals surface area contributed by atoms with Gasteiger partial charge in [0, 0.05) is 13.6 Å². The first-order valence-corrected chi connectivity index (χ1v) is 7.91. The fraction of sp³-hybridized carbons (Fsp3) is 0.211. The molecule has 2 amide bonds. The number of nitrogens with one attached hydrogen (secondary N) is 1. The van der Waals surface area contributed by atoms with Gasteiger partial charge < -0.3 is 14.8 Å². The molecule has 0 atom stereocenters. The van der Waals surface area contributed by atoms with E-state index in [1.807, 2.05) is 30.3 Å². The van der Waals surface area contributed by atoms with Crippen molar-refractivity contribution in [2.24, 2.45) is 0 Å². The Morgan fingerprint density at radius 1 is 1.00 bits per heavy atom.